The van der Waals surface area contributed by atoms with Crippen molar-refractivity contribution in [3.8, 4) is 0 Å². The van der Waals surface area contributed by atoms with Crippen LogP contribution in [0.4, 0.5) is 0 Å². The van der Waals surface area contributed by atoms with Gasteiger partial charge in [0.15, 0.2) is 0 Å². The van der Waals surface area contributed by atoms with Gasteiger partial charge in [-0.15, -0.1) is 0 Å². The summed E-state index contributed by atoms with van der Waals surface area (Å²) in [5.74, 6) is 0.00521. The summed E-state index contributed by atoms with van der Waals surface area (Å²) in [5, 5.41) is 0. The molecule has 0 unspecified atom stereocenters. The highest BCUT2D eigenvalue weighted by molar-refractivity contribution is 5.69. The van der Waals surface area contributed by atoms with Crippen molar-refractivity contribution in [3.05, 3.63) is 24.3 Å². The van der Waals surface area contributed by atoms with Crippen LogP contribution < -0.4 is 0 Å². The zero-order valence-corrected chi connectivity index (χ0v) is 26.3. The van der Waals surface area contributed by atoms with Gasteiger partial charge in [-0.3, -0.25) is 4.79 Å². The molecule has 0 spiro atoms. The first kappa shape index (κ1) is 37.0. The zero-order chi connectivity index (χ0) is 27.8. The molecule has 0 aliphatic carbocycles. The van der Waals surface area contributed by atoms with Crippen molar-refractivity contribution >= 4 is 5.97 Å². The van der Waals surface area contributed by atoms with Crippen LogP contribution in [0.15, 0.2) is 24.3 Å². The molecule has 0 aliphatic heterocycles. The Morgan fingerprint density at radius 3 is 1.26 bits per heavy atom. The summed E-state index contributed by atoms with van der Waals surface area (Å²) in [7, 11) is 0. The van der Waals surface area contributed by atoms with Crippen molar-refractivity contribution in [1.29, 1.82) is 0 Å². The van der Waals surface area contributed by atoms with E-state index >= 15 is 0 Å². The lowest BCUT2D eigenvalue weighted by Crippen LogP contribution is -2.14. The second-order valence-electron chi connectivity index (χ2n) is 11.7. The molecule has 0 N–H and O–H groups in total. The molecular formula is C36H68O2. The largest absolute Gasteiger partial charge is 0.463 e. The van der Waals surface area contributed by atoms with Crippen LogP contribution in [0, 0.1) is 0 Å². The van der Waals surface area contributed by atoms with Gasteiger partial charge in [0.2, 0.25) is 0 Å². The Morgan fingerprint density at radius 2 is 0.842 bits per heavy atom. The number of hydrogen-bond acceptors (Lipinski definition) is 2. The molecule has 2 heteroatoms. The summed E-state index contributed by atoms with van der Waals surface area (Å²) in [4.78, 5) is 12.1. The van der Waals surface area contributed by atoms with Crippen molar-refractivity contribution in [2.24, 2.45) is 0 Å². The second-order valence-corrected chi connectivity index (χ2v) is 11.7. The van der Waals surface area contributed by atoms with Crippen LogP contribution in [0.3, 0.4) is 0 Å². The first-order valence-corrected chi connectivity index (χ1v) is 17.2. The fraction of sp³-hybridized carbons (Fsp3) is 0.861. The van der Waals surface area contributed by atoms with E-state index in [0.717, 1.165) is 19.3 Å². The van der Waals surface area contributed by atoms with Crippen LogP contribution in [-0.2, 0) is 9.53 Å². The Bertz CT molecular complexity index is 521. The summed E-state index contributed by atoms with van der Waals surface area (Å²) < 4.78 is 5.62. The number of ether oxygens (including phenoxy) is 1. The van der Waals surface area contributed by atoms with E-state index < -0.39 is 0 Å². The van der Waals surface area contributed by atoms with Crippen LogP contribution in [0.1, 0.15) is 194 Å². The van der Waals surface area contributed by atoms with Gasteiger partial charge in [0, 0.05) is 6.42 Å². The molecular weight excluding hydrogens is 464 g/mol. The monoisotopic (exact) mass is 533 g/mol. The minimum Gasteiger partial charge on any atom is -0.463 e. The number of allylic oxidation sites excluding steroid dienone is 4. The molecule has 0 rings (SSSR count). The van der Waals surface area contributed by atoms with Crippen LogP contribution in [0.2, 0.25) is 0 Å². The maximum Gasteiger partial charge on any atom is 0.306 e. The standard InChI is InChI=1S/C36H68O2/c1-4-6-8-10-12-14-16-18-20-22-24-26-28-30-32-34-36(37)38-35(3)33-31-29-27-25-23-21-19-17-15-13-11-9-7-5-2/h18-21,35H,4-17,22-34H2,1-3H3/t35-/m1/s1. The molecule has 0 saturated carbocycles. The highest BCUT2D eigenvalue weighted by Crippen LogP contribution is 2.13. The number of unbranched alkanes of at least 4 members (excludes halogenated alkanes) is 21. The Labute approximate surface area is 239 Å². The molecule has 0 radical (unpaired) electrons. The van der Waals surface area contributed by atoms with Crippen LogP contribution >= 0.6 is 0 Å². The van der Waals surface area contributed by atoms with E-state index in [-0.39, 0.29) is 12.1 Å². The third-order valence-electron chi connectivity index (χ3n) is 7.60. The summed E-state index contributed by atoms with van der Waals surface area (Å²) in [6, 6.07) is 0. The Morgan fingerprint density at radius 1 is 0.500 bits per heavy atom. The lowest BCUT2D eigenvalue weighted by Gasteiger charge is -2.13. The van der Waals surface area contributed by atoms with E-state index in [4.69, 9.17) is 4.74 Å². The summed E-state index contributed by atoms with van der Waals surface area (Å²) in [5.41, 5.74) is 0. The molecule has 0 fully saturated rings. The van der Waals surface area contributed by atoms with Gasteiger partial charge >= 0.3 is 5.97 Å². The topological polar surface area (TPSA) is 26.3 Å². The van der Waals surface area contributed by atoms with Crippen LogP contribution in [0.5, 0.6) is 0 Å². The minimum atomic E-state index is 0.00521. The third-order valence-corrected chi connectivity index (χ3v) is 7.60. The van der Waals surface area contributed by atoms with Crippen molar-refractivity contribution in [1.82, 2.24) is 0 Å². The minimum absolute atomic E-state index is 0.00521. The Balaban J connectivity index is 3.37. The fourth-order valence-electron chi connectivity index (χ4n) is 5.01. The molecule has 0 aromatic heterocycles. The number of esters is 1. The first-order chi connectivity index (χ1) is 18.7. The highest BCUT2D eigenvalue weighted by Gasteiger charge is 2.09. The first-order valence-electron chi connectivity index (χ1n) is 17.2. The van der Waals surface area contributed by atoms with Crippen molar-refractivity contribution < 1.29 is 9.53 Å². The average Bonchev–Trinajstić information content (AvgIpc) is 2.91. The van der Waals surface area contributed by atoms with Crippen LogP contribution in [-0.4, -0.2) is 12.1 Å². The van der Waals surface area contributed by atoms with Crippen molar-refractivity contribution in [2.75, 3.05) is 0 Å². The van der Waals surface area contributed by atoms with Crippen molar-refractivity contribution in [2.45, 2.75) is 200 Å². The smallest absolute Gasteiger partial charge is 0.306 e. The maximum atomic E-state index is 12.1. The molecule has 224 valence electrons. The Kier molecular flexibility index (Phi) is 31.3. The summed E-state index contributed by atoms with van der Waals surface area (Å²) in [6.07, 6.45) is 43.7. The molecule has 0 aromatic rings. The molecule has 38 heavy (non-hydrogen) atoms. The Hall–Kier alpha value is -1.05. The maximum absolute atomic E-state index is 12.1. The van der Waals surface area contributed by atoms with E-state index in [0.29, 0.717) is 6.42 Å². The molecule has 0 bridgehead atoms. The molecule has 0 saturated heterocycles. The molecule has 0 aromatic carbocycles. The predicted octanol–water partition coefficient (Wildman–Crippen LogP) is 12.6. The fourth-order valence-corrected chi connectivity index (χ4v) is 5.01. The summed E-state index contributed by atoms with van der Waals surface area (Å²) in [6.45, 7) is 6.61. The SMILES string of the molecule is CCCCCCCCC=CCCCCCCCC(=O)O[C@H](C)CCCCCCC=CCCCCCCCC. The van der Waals surface area contributed by atoms with Gasteiger partial charge in [-0.25, -0.2) is 0 Å². The van der Waals surface area contributed by atoms with E-state index in [1.54, 1.807) is 0 Å². The number of carbonyl (C=O) groups is 1. The number of rotatable bonds is 30. The lowest BCUT2D eigenvalue weighted by atomic mass is 10.1. The molecule has 0 aliphatic rings. The van der Waals surface area contributed by atoms with E-state index in [1.807, 2.05) is 0 Å². The van der Waals surface area contributed by atoms with E-state index in [2.05, 4.69) is 45.1 Å². The predicted molar refractivity (Wildman–Crippen MR) is 170 cm³/mol. The van der Waals surface area contributed by atoms with Gasteiger partial charge in [0.1, 0.15) is 0 Å². The van der Waals surface area contributed by atoms with Gasteiger partial charge in [0.05, 0.1) is 6.10 Å². The van der Waals surface area contributed by atoms with Gasteiger partial charge < -0.3 is 4.74 Å². The van der Waals surface area contributed by atoms with Crippen LogP contribution in [0.25, 0.3) is 0 Å². The average molecular weight is 533 g/mol. The zero-order valence-electron chi connectivity index (χ0n) is 26.3. The van der Waals surface area contributed by atoms with Crippen molar-refractivity contribution in [3.63, 3.8) is 0 Å². The summed E-state index contributed by atoms with van der Waals surface area (Å²) >= 11 is 0. The van der Waals surface area contributed by atoms with Gasteiger partial charge in [-0.05, 0) is 77.6 Å². The third kappa shape index (κ3) is 31.2. The molecule has 2 nitrogen and oxygen atoms in total. The quantitative estimate of drug-likeness (QED) is 0.0522. The van der Waals surface area contributed by atoms with Gasteiger partial charge in [-0.1, -0.05) is 134 Å². The van der Waals surface area contributed by atoms with E-state index in [1.165, 1.54) is 148 Å². The lowest BCUT2D eigenvalue weighted by molar-refractivity contribution is -0.148. The molecule has 0 heterocycles. The second kappa shape index (κ2) is 32.2. The molecule has 1 atom stereocenters. The number of hydrogen-bond donors (Lipinski definition) is 0. The van der Waals surface area contributed by atoms with E-state index in [9.17, 15) is 4.79 Å². The number of carbonyl (C=O) groups excluding carboxylic acids is 1. The van der Waals surface area contributed by atoms with Gasteiger partial charge in [0.25, 0.3) is 0 Å². The van der Waals surface area contributed by atoms with Gasteiger partial charge in [-0.2, -0.15) is 0 Å². The normalized spacial score (nSPS) is 12.6. The molecule has 0 amide bonds. The highest BCUT2D eigenvalue weighted by atomic mass is 16.5.